The Morgan fingerprint density at radius 3 is 2.72 bits per heavy atom. The molecule has 4 heteroatoms. The average molecular weight is 260 g/mol. The van der Waals surface area contributed by atoms with Crippen LogP contribution in [0.25, 0.3) is 0 Å². The van der Waals surface area contributed by atoms with Crippen molar-refractivity contribution in [2.24, 2.45) is 0 Å². The Morgan fingerprint density at radius 2 is 2.00 bits per heavy atom. The highest BCUT2D eigenvalue weighted by molar-refractivity contribution is 7.10. The van der Waals surface area contributed by atoms with Gasteiger partial charge >= 0.3 is 0 Å². The molecule has 3 nitrogen and oxygen atoms in total. The van der Waals surface area contributed by atoms with Gasteiger partial charge in [-0.2, -0.15) is 0 Å². The Bertz CT molecular complexity index is 548. The number of carbonyl (C=O) groups is 1. The number of hydrogen-bond acceptors (Lipinski definition) is 3. The number of anilines is 2. The number of aryl methyl sites for hydroxylation is 1. The third-order valence-corrected chi connectivity index (χ3v) is 3.56. The highest BCUT2D eigenvalue weighted by Crippen LogP contribution is 2.24. The molecule has 1 heterocycles. The van der Waals surface area contributed by atoms with Crippen molar-refractivity contribution in [3.05, 3.63) is 46.2 Å². The summed E-state index contributed by atoms with van der Waals surface area (Å²) in [7, 11) is 0. The fraction of sp³-hybridized carbons (Fsp3) is 0.214. The first kappa shape index (κ1) is 12.6. The van der Waals surface area contributed by atoms with Crippen LogP contribution < -0.4 is 10.6 Å². The van der Waals surface area contributed by atoms with Crippen LogP contribution in [0.3, 0.4) is 0 Å². The van der Waals surface area contributed by atoms with Gasteiger partial charge in [0.15, 0.2) is 0 Å². The fourth-order valence-electron chi connectivity index (χ4n) is 1.73. The molecule has 1 aromatic carbocycles. The molecule has 0 spiro atoms. The Hall–Kier alpha value is -1.81. The largest absolute Gasteiger partial charge is 0.380 e. The van der Waals surface area contributed by atoms with Crippen LogP contribution in [0.4, 0.5) is 11.4 Å². The highest BCUT2D eigenvalue weighted by atomic mass is 32.1. The summed E-state index contributed by atoms with van der Waals surface area (Å²) in [5.41, 5.74) is 3.24. The summed E-state index contributed by atoms with van der Waals surface area (Å²) in [5, 5.41) is 8.21. The minimum absolute atomic E-state index is 0.0365. The second-order valence-corrected chi connectivity index (χ2v) is 5.11. The van der Waals surface area contributed by atoms with Gasteiger partial charge in [0.25, 0.3) is 0 Å². The molecule has 0 saturated heterocycles. The van der Waals surface area contributed by atoms with Gasteiger partial charge in [0.2, 0.25) is 5.91 Å². The van der Waals surface area contributed by atoms with Crippen LogP contribution >= 0.6 is 11.3 Å². The van der Waals surface area contributed by atoms with Gasteiger partial charge in [-0.05, 0) is 30.0 Å². The van der Waals surface area contributed by atoms with Gasteiger partial charge in [0, 0.05) is 17.5 Å². The Labute approximate surface area is 111 Å². The van der Waals surface area contributed by atoms with E-state index in [1.54, 1.807) is 11.3 Å². The Morgan fingerprint density at radius 1 is 1.22 bits per heavy atom. The molecule has 18 heavy (non-hydrogen) atoms. The van der Waals surface area contributed by atoms with Gasteiger partial charge in [0.1, 0.15) is 0 Å². The molecule has 0 fully saturated rings. The van der Waals surface area contributed by atoms with E-state index < -0.39 is 0 Å². The lowest BCUT2D eigenvalue weighted by Gasteiger charge is -2.09. The van der Waals surface area contributed by atoms with Crippen molar-refractivity contribution in [2.45, 2.75) is 20.4 Å². The molecule has 0 saturated carbocycles. The zero-order valence-corrected chi connectivity index (χ0v) is 11.3. The zero-order chi connectivity index (χ0) is 13.0. The fourth-order valence-corrected chi connectivity index (χ4v) is 2.50. The highest BCUT2D eigenvalue weighted by Gasteiger charge is 2.05. The van der Waals surface area contributed by atoms with Gasteiger partial charge in [-0.3, -0.25) is 4.79 Å². The van der Waals surface area contributed by atoms with Crippen LogP contribution in [-0.2, 0) is 11.3 Å². The van der Waals surface area contributed by atoms with Crippen molar-refractivity contribution in [3.8, 4) is 0 Å². The summed E-state index contributed by atoms with van der Waals surface area (Å²) >= 11 is 1.64. The van der Waals surface area contributed by atoms with Crippen molar-refractivity contribution in [1.82, 2.24) is 0 Å². The number of nitrogens with one attached hydrogen (secondary N) is 2. The molecule has 0 bridgehead atoms. The molecule has 0 aliphatic heterocycles. The van der Waals surface area contributed by atoms with E-state index in [2.05, 4.69) is 29.7 Å². The van der Waals surface area contributed by atoms with Crippen molar-refractivity contribution in [3.63, 3.8) is 0 Å². The van der Waals surface area contributed by atoms with Crippen molar-refractivity contribution >= 4 is 28.6 Å². The standard InChI is InChI=1S/C14H16N2OS/c1-10-5-3-4-6-12(10)15-9-14-13(7-8-18-14)16-11(2)17/h3-8,15H,9H2,1-2H3,(H,16,17). The summed E-state index contributed by atoms with van der Waals surface area (Å²) in [6.45, 7) is 4.32. The van der Waals surface area contributed by atoms with Gasteiger partial charge < -0.3 is 10.6 Å². The smallest absolute Gasteiger partial charge is 0.221 e. The molecule has 1 aromatic heterocycles. The summed E-state index contributed by atoms with van der Waals surface area (Å²) in [4.78, 5) is 12.2. The Balaban J connectivity index is 2.05. The van der Waals surface area contributed by atoms with E-state index >= 15 is 0 Å². The first-order valence-electron chi connectivity index (χ1n) is 5.80. The molecular weight excluding hydrogens is 244 g/mol. The maximum Gasteiger partial charge on any atom is 0.221 e. The normalized spacial score (nSPS) is 10.1. The van der Waals surface area contributed by atoms with E-state index in [-0.39, 0.29) is 5.91 Å². The molecule has 2 N–H and O–H groups in total. The van der Waals surface area contributed by atoms with Crippen LogP contribution in [-0.4, -0.2) is 5.91 Å². The van der Waals surface area contributed by atoms with Crippen molar-refractivity contribution in [1.29, 1.82) is 0 Å². The SMILES string of the molecule is CC(=O)Nc1ccsc1CNc1ccccc1C. The van der Waals surface area contributed by atoms with Crippen LogP contribution in [0.5, 0.6) is 0 Å². The zero-order valence-electron chi connectivity index (χ0n) is 10.5. The van der Waals surface area contributed by atoms with Gasteiger partial charge in [-0.25, -0.2) is 0 Å². The molecule has 0 unspecified atom stereocenters. The summed E-state index contributed by atoms with van der Waals surface area (Å²) in [5.74, 6) is -0.0365. The number of benzene rings is 1. The molecule has 0 aliphatic rings. The monoisotopic (exact) mass is 260 g/mol. The minimum Gasteiger partial charge on any atom is -0.380 e. The molecule has 0 radical (unpaired) electrons. The van der Waals surface area contributed by atoms with Crippen LogP contribution in [0.1, 0.15) is 17.4 Å². The van der Waals surface area contributed by atoms with Crippen LogP contribution in [0.15, 0.2) is 35.7 Å². The average Bonchev–Trinajstić information content (AvgIpc) is 2.75. The number of amides is 1. The van der Waals surface area contributed by atoms with E-state index in [4.69, 9.17) is 0 Å². The number of carbonyl (C=O) groups excluding carboxylic acids is 1. The number of thiophene rings is 1. The second kappa shape index (κ2) is 5.69. The van der Waals surface area contributed by atoms with Crippen LogP contribution in [0, 0.1) is 6.92 Å². The first-order chi connectivity index (χ1) is 8.66. The maximum atomic E-state index is 11.1. The van der Waals surface area contributed by atoms with Gasteiger partial charge in [-0.15, -0.1) is 11.3 Å². The third kappa shape index (κ3) is 3.11. The quantitative estimate of drug-likeness (QED) is 0.881. The van der Waals surface area contributed by atoms with Crippen molar-refractivity contribution in [2.75, 3.05) is 10.6 Å². The second-order valence-electron chi connectivity index (χ2n) is 4.11. The van der Waals surface area contributed by atoms with E-state index in [1.165, 1.54) is 12.5 Å². The third-order valence-electron chi connectivity index (χ3n) is 2.64. The minimum atomic E-state index is -0.0365. The Kier molecular flexibility index (Phi) is 3.99. The topological polar surface area (TPSA) is 41.1 Å². The van der Waals surface area contributed by atoms with Gasteiger partial charge in [-0.1, -0.05) is 18.2 Å². The molecule has 0 aliphatic carbocycles. The first-order valence-corrected chi connectivity index (χ1v) is 6.68. The molecule has 0 atom stereocenters. The van der Waals surface area contributed by atoms with Crippen LogP contribution in [0.2, 0.25) is 0 Å². The molecule has 2 rings (SSSR count). The van der Waals surface area contributed by atoms with Gasteiger partial charge in [0.05, 0.1) is 12.2 Å². The van der Waals surface area contributed by atoms with Crippen molar-refractivity contribution < 1.29 is 4.79 Å². The number of rotatable bonds is 4. The molecule has 1 amide bonds. The van der Waals surface area contributed by atoms with E-state index in [0.717, 1.165) is 22.8 Å². The summed E-state index contributed by atoms with van der Waals surface area (Å²) < 4.78 is 0. The van der Waals surface area contributed by atoms with E-state index in [1.807, 2.05) is 23.6 Å². The van der Waals surface area contributed by atoms with E-state index in [0.29, 0.717) is 0 Å². The predicted molar refractivity (Wildman–Crippen MR) is 77.1 cm³/mol. The number of hydrogen-bond donors (Lipinski definition) is 2. The lowest BCUT2D eigenvalue weighted by molar-refractivity contribution is -0.114. The number of para-hydroxylation sites is 1. The lowest BCUT2D eigenvalue weighted by atomic mass is 10.2. The molecular formula is C14H16N2OS. The molecule has 94 valence electrons. The predicted octanol–water partition coefficient (Wildman–Crippen LogP) is 3.63. The summed E-state index contributed by atoms with van der Waals surface area (Å²) in [6.07, 6.45) is 0. The summed E-state index contributed by atoms with van der Waals surface area (Å²) in [6, 6.07) is 10.1. The maximum absolute atomic E-state index is 11.1. The van der Waals surface area contributed by atoms with E-state index in [9.17, 15) is 4.79 Å². The lowest BCUT2D eigenvalue weighted by Crippen LogP contribution is -2.08. The molecule has 2 aromatic rings.